The summed E-state index contributed by atoms with van der Waals surface area (Å²) in [6, 6.07) is 7.38. The van der Waals surface area contributed by atoms with Gasteiger partial charge < -0.3 is 4.90 Å². The van der Waals surface area contributed by atoms with Gasteiger partial charge >= 0.3 is 0 Å². The van der Waals surface area contributed by atoms with Gasteiger partial charge in [0.1, 0.15) is 15.6 Å². The Labute approximate surface area is 150 Å². The van der Waals surface area contributed by atoms with E-state index in [1.807, 2.05) is 0 Å². The molecule has 1 aliphatic rings. The van der Waals surface area contributed by atoms with Gasteiger partial charge in [0, 0.05) is 26.7 Å². The predicted octanol–water partition coefficient (Wildman–Crippen LogP) is 2.94. The normalized spacial score (nSPS) is 15.4. The van der Waals surface area contributed by atoms with Crippen LogP contribution in [-0.4, -0.2) is 43.7 Å². The summed E-state index contributed by atoms with van der Waals surface area (Å²) in [6.45, 7) is 1.27. The summed E-state index contributed by atoms with van der Waals surface area (Å²) in [4.78, 5) is 14.5. The van der Waals surface area contributed by atoms with Crippen LogP contribution in [0.25, 0.3) is 0 Å². The Morgan fingerprint density at radius 3 is 2.48 bits per heavy atom. The lowest BCUT2D eigenvalue weighted by Crippen LogP contribution is -2.31. The summed E-state index contributed by atoms with van der Waals surface area (Å²) in [6.07, 6.45) is 1.69. The van der Waals surface area contributed by atoms with Crippen LogP contribution >= 0.6 is 11.3 Å². The third kappa shape index (κ3) is 3.75. The molecule has 0 spiro atoms. The van der Waals surface area contributed by atoms with Crippen molar-refractivity contribution in [3.63, 3.8) is 0 Å². The van der Waals surface area contributed by atoms with Crippen LogP contribution in [-0.2, 0) is 16.6 Å². The molecule has 0 saturated carbocycles. The minimum absolute atomic E-state index is 0.0790. The van der Waals surface area contributed by atoms with Crippen LogP contribution in [0.3, 0.4) is 0 Å². The second-order valence-electron chi connectivity index (χ2n) is 6.01. The second kappa shape index (κ2) is 7.23. The topological polar surface area (TPSA) is 57.7 Å². The zero-order valence-corrected chi connectivity index (χ0v) is 15.4. The Balaban J connectivity index is 1.81. The number of hydrogen-bond acceptors (Lipinski definition) is 4. The maximum Gasteiger partial charge on any atom is 0.265 e. The molecular weight excluding hydrogens is 363 g/mol. The molecule has 1 saturated heterocycles. The predicted molar refractivity (Wildman–Crippen MR) is 94.5 cm³/mol. The van der Waals surface area contributed by atoms with Gasteiger partial charge in [-0.25, -0.2) is 12.8 Å². The van der Waals surface area contributed by atoms with Crippen molar-refractivity contribution < 1.29 is 17.6 Å². The Morgan fingerprint density at radius 1 is 1.20 bits per heavy atom. The molecule has 25 heavy (non-hydrogen) atoms. The monoisotopic (exact) mass is 382 g/mol. The third-order valence-electron chi connectivity index (χ3n) is 4.19. The van der Waals surface area contributed by atoms with E-state index in [2.05, 4.69) is 0 Å². The van der Waals surface area contributed by atoms with Crippen LogP contribution < -0.4 is 0 Å². The summed E-state index contributed by atoms with van der Waals surface area (Å²) in [5.74, 6) is -0.688. The number of rotatable bonds is 5. The van der Waals surface area contributed by atoms with Crippen LogP contribution in [0.15, 0.2) is 40.6 Å². The van der Waals surface area contributed by atoms with Gasteiger partial charge in [-0.3, -0.25) is 4.79 Å². The standard InChI is InChI=1S/C17H19FN2O3S2/c1-19(12-13-4-6-14(18)7-5-13)17(21)16-15(8-11-24-16)25(22,23)20-9-2-3-10-20/h4-8,11H,2-3,9-10,12H2,1H3. The molecule has 1 aliphatic heterocycles. The van der Waals surface area contributed by atoms with Gasteiger partial charge in [-0.15, -0.1) is 11.3 Å². The van der Waals surface area contributed by atoms with E-state index < -0.39 is 10.0 Å². The van der Waals surface area contributed by atoms with E-state index >= 15 is 0 Å². The zero-order chi connectivity index (χ0) is 18.0. The van der Waals surface area contributed by atoms with Gasteiger partial charge in [0.15, 0.2) is 0 Å². The third-order valence-corrected chi connectivity index (χ3v) is 7.16. The maximum absolute atomic E-state index is 13.0. The highest BCUT2D eigenvalue weighted by molar-refractivity contribution is 7.89. The number of sulfonamides is 1. The lowest BCUT2D eigenvalue weighted by atomic mass is 10.2. The van der Waals surface area contributed by atoms with E-state index in [1.54, 1.807) is 24.6 Å². The molecule has 2 aromatic rings. The van der Waals surface area contributed by atoms with E-state index in [1.165, 1.54) is 27.4 Å². The molecule has 0 bridgehead atoms. The highest BCUT2D eigenvalue weighted by Crippen LogP contribution is 2.28. The van der Waals surface area contributed by atoms with Gasteiger partial charge in [0.25, 0.3) is 5.91 Å². The maximum atomic E-state index is 13.0. The van der Waals surface area contributed by atoms with Gasteiger partial charge in [0.2, 0.25) is 10.0 Å². The number of carbonyl (C=O) groups is 1. The van der Waals surface area contributed by atoms with E-state index in [-0.39, 0.29) is 28.0 Å². The fraction of sp³-hybridized carbons (Fsp3) is 0.353. The Morgan fingerprint density at radius 2 is 1.84 bits per heavy atom. The first kappa shape index (κ1) is 18.0. The van der Waals surface area contributed by atoms with Gasteiger partial charge in [-0.2, -0.15) is 4.31 Å². The Hall–Kier alpha value is -1.77. The molecular formula is C17H19FN2O3S2. The van der Waals surface area contributed by atoms with Crippen LogP contribution in [0.5, 0.6) is 0 Å². The first-order valence-electron chi connectivity index (χ1n) is 7.97. The molecule has 8 heteroatoms. The average Bonchev–Trinajstić information content (AvgIpc) is 3.28. The first-order valence-corrected chi connectivity index (χ1v) is 10.3. The molecule has 0 radical (unpaired) electrons. The van der Waals surface area contributed by atoms with Crippen molar-refractivity contribution in [3.8, 4) is 0 Å². The molecule has 0 atom stereocenters. The lowest BCUT2D eigenvalue weighted by molar-refractivity contribution is 0.0786. The minimum Gasteiger partial charge on any atom is -0.337 e. The molecule has 2 heterocycles. The van der Waals surface area contributed by atoms with Crippen LogP contribution in [0.4, 0.5) is 4.39 Å². The number of amides is 1. The van der Waals surface area contributed by atoms with E-state index in [9.17, 15) is 17.6 Å². The molecule has 1 aromatic carbocycles. The van der Waals surface area contributed by atoms with Gasteiger partial charge in [-0.05, 0) is 42.0 Å². The summed E-state index contributed by atoms with van der Waals surface area (Å²) in [7, 11) is -2.03. The number of benzene rings is 1. The molecule has 1 aromatic heterocycles. The summed E-state index contributed by atoms with van der Waals surface area (Å²) < 4.78 is 39.9. The molecule has 1 fully saturated rings. The van der Waals surface area contributed by atoms with Crippen molar-refractivity contribution in [2.45, 2.75) is 24.3 Å². The molecule has 0 unspecified atom stereocenters. The van der Waals surface area contributed by atoms with Crippen molar-refractivity contribution in [1.82, 2.24) is 9.21 Å². The van der Waals surface area contributed by atoms with Crippen molar-refractivity contribution in [1.29, 1.82) is 0 Å². The highest BCUT2D eigenvalue weighted by Gasteiger charge is 2.32. The average molecular weight is 382 g/mol. The fourth-order valence-corrected chi connectivity index (χ4v) is 5.74. The van der Waals surface area contributed by atoms with Crippen LogP contribution in [0.1, 0.15) is 28.1 Å². The van der Waals surface area contributed by atoms with E-state index in [0.717, 1.165) is 29.7 Å². The second-order valence-corrected chi connectivity index (χ2v) is 8.84. The number of thiophene rings is 1. The smallest absolute Gasteiger partial charge is 0.265 e. The minimum atomic E-state index is -3.64. The first-order chi connectivity index (χ1) is 11.9. The van der Waals surface area contributed by atoms with Gasteiger partial charge in [0.05, 0.1) is 0 Å². The summed E-state index contributed by atoms with van der Waals surface area (Å²) in [5, 5.41) is 1.63. The number of hydrogen-bond donors (Lipinski definition) is 0. The fourth-order valence-electron chi connectivity index (χ4n) is 2.83. The number of nitrogens with zero attached hydrogens (tertiary/aromatic N) is 2. The largest absolute Gasteiger partial charge is 0.337 e. The number of carbonyl (C=O) groups excluding carboxylic acids is 1. The Bertz CT molecular complexity index is 856. The van der Waals surface area contributed by atoms with Crippen LogP contribution in [0, 0.1) is 5.82 Å². The molecule has 0 aliphatic carbocycles. The molecule has 0 N–H and O–H groups in total. The molecule has 3 rings (SSSR count). The summed E-state index contributed by atoms with van der Waals surface area (Å²) >= 11 is 1.13. The SMILES string of the molecule is CN(Cc1ccc(F)cc1)C(=O)c1sccc1S(=O)(=O)N1CCCC1. The van der Waals surface area contributed by atoms with Crippen molar-refractivity contribution in [2.75, 3.05) is 20.1 Å². The van der Waals surface area contributed by atoms with E-state index in [0.29, 0.717) is 13.1 Å². The van der Waals surface area contributed by atoms with Crippen molar-refractivity contribution in [3.05, 3.63) is 52.0 Å². The highest BCUT2D eigenvalue weighted by atomic mass is 32.2. The zero-order valence-electron chi connectivity index (χ0n) is 13.8. The Kier molecular flexibility index (Phi) is 5.21. The lowest BCUT2D eigenvalue weighted by Gasteiger charge is -2.19. The van der Waals surface area contributed by atoms with Crippen LogP contribution in [0.2, 0.25) is 0 Å². The van der Waals surface area contributed by atoms with Gasteiger partial charge in [-0.1, -0.05) is 12.1 Å². The van der Waals surface area contributed by atoms with E-state index in [4.69, 9.17) is 0 Å². The number of halogens is 1. The van der Waals surface area contributed by atoms with Crippen molar-refractivity contribution in [2.24, 2.45) is 0 Å². The molecule has 5 nitrogen and oxygen atoms in total. The quantitative estimate of drug-likeness (QED) is 0.799. The molecule has 1 amide bonds. The summed E-state index contributed by atoms with van der Waals surface area (Å²) in [5.41, 5.74) is 0.776. The van der Waals surface area contributed by atoms with Crippen molar-refractivity contribution >= 4 is 27.3 Å². The molecule has 134 valence electrons.